The van der Waals surface area contributed by atoms with Crippen LogP contribution in [0.25, 0.3) is 0 Å². The number of aryl methyl sites for hydroxylation is 1. The van der Waals surface area contributed by atoms with E-state index in [2.05, 4.69) is 0 Å². The highest BCUT2D eigenvalue weighted by Crippen LogP contribution is 2.17. The van der Waals surface area contributed by atoms with Gasteiger partial charge in [-0.05, 0) is 29.8 Å². The number of hydrogen-bond acceptors (Lipinski definition) is 4. The van der Waals surface area contributed by atoms with Gasteiger partial charge in [-0.1, -0.05) is 24.6 Å². The fourth-order valence-corrected chi connectivity index (χ4v) is 2.96. The lowest BCUT2D eigenvalue weighted by Crippen LogP contribution is -2.31. The van der Waals surface area contributed by atoms with Crippen molar-refractivity contribution in [3.8, 4) is 0 Å². The molecule has 0 aliphatic heterocycles. The number of carbonyl (C=O) groups is 1. The number of hydrogen-bond donors (Lipinski definition) is 1. The summed E-state index contributed by atoms with van der Waals surface area (Å²) in [5.74, 6) is -1.66. The van der Waals surface area contributed by atoms with Crippen molar-refractivity contribution in [1.29, 1.82) is 0 Å². The SMILES string of the molecule is CCc1ccc(C(=O)NS(=O)(=O)Cc2ccc(Cl)c(F)c2)o1. The maximum absolute atomic E-state index is 13.3. The van der Waals surface area contributed by atoms with Gasteiger partial charge in [-0.3, -0.25) is 4.79 Å². The van der Waals surface area contributed by atoms with E-state index in [0.717, 1.165) is 6.07 Å². The van der Waals surface area contributed by atoms with Gasteiger partial charge in [-0.15, -0.1) is 0 Å². The Morgan fingerprint density at radius 2 is 2.05 bits per heavy atom. The summed E-state index contributed by atoms with van der Waals surface area (Å²) in [5.41, 5.74) is 0.177. The van der Waals surface area contributed by atoms with Crippen molar-refractivity contribution in [2.24, 2.45) is 0 Å². The number of halogens is 2. The van der Waals surface area contributed by atoms with E-state index in [1.54, 1.807) is 6.07 Å². The molecule has 0 radical (unpaired) electrons. The second-order valence-electron chi connectivity index (χ2n) is 4.56. The Bertz CT molecular complexity index is 801. The molecule has 1 aromatic carbocycles. The Morgan fingerprint density at radius 1 is 1.32 bits per heavy atom. The quantitative estimate of drug-likeness (QED) is 0.904. The summed E-state index contributed by atoms with van der Waals surface area (Å²) in [6, 6.07) is 6.62. The second-order valence-corrected chi connectivity index (χ2v) is 6.69. The lowest BCUT2D eigenvalue weighted by atomic mass is 10.2. The van der Waals surface area contributed by atoms with E-state index in [0.29, 0.717) is 12.2 Å². The van der Waals surface area contributed by atoms with E-state index in [9.17, 15) is 17.6 Å². The van der Waals surface area contributed by atoms with Crippen molar-refractivity contribution in [3.63, 3.8) is 0 Å². The Kier molecular flexibility index (Phi) is 4.87. The smallest absolute Gasteiger partial charge is 0.300 e. The van der Waals surface area contributed by atoms with Gasteiger partial charge in [0.1, 0.15) is 11.6 Å². The van der Waals surface area contributed by atoms with Gasteiger partial charge in [0.25, 0.3) is 5.91 Å². The Morgan fingerprint density at radius 3 is 2.64 bits per heavy atom. The first-order valence-electron chi connectivity index (χ1n) is 6.38. The van der Waals surface area contributed by atoms with Gasteiger partial charge in [-0.2, -0.15) is 0 Å². The standard InChI is InChI=1S/C14H13ClFNO4S/c1-2-10-4-6-13(21-10)14(18)17-22(19,20)8-9-3-5-11(15)12(16)7-9/h3-7H,2,8H2,1H3,(H,17,18). The van der Waals surface area contributed by atoms with E-state index >= 15 is 0 Å². The fourth-order valence-electron chi connectivity index (χ4n) is 1.77. The van der Waals surface area contributed by atoms with Crippen LogP contribution in [0.1, 0.15) is 28.8 Å². The first-order valence-corrected chi connectivity index (χ1v) is 8.41. The normalized spacial score (nSPS) is 11.4. The molecule has 1 amide bonds. The number of nitrogens with one attached hydrogen (secondary N) is 1. The highest BCUT2D eigenvalue weighted by molar-refractivity contribution is 7.89. The number of benzene rings is 1. The fraction of sp³-hybridized carbons (Fsp3) is 0.214. The summed E-state index contributed by atoms with van der Waals surface area (Å²) >= 11 is 5.53. The molecule has 0 atom stereocenters. The number of furan rings is 1. The van der Waals surface area contributed by atoms with E-state index < -0.39 is 27.5 Å². The van der Waals surface area contributed by atoms with Crippen LogP contribution in [0, 0.1) is 5.82 Å². The molecular formula is C14H13ClFNO4S. The first kappa shape index (κ1) is 16.5. The third-order valence-electron chi connectivity index (χ3n) is 2.82. The van der Waals surface area contributed by atoms with E-state index in [1.807, 2.05) is 11.6 Å². The lowest BCUT2D eigenvalue weighted by molar-refractivity contribution is 0.0953. The van der Waals surface area contributed by atoms with Crippen molar-refractivity contribution in [1.82, 2.24) is 4.72 Å². The molecule has 2 aromatic rings. The molecule has 0 fully saturated rings. The minimum Gasteiger partial charge on any atom is -0.456 e. The molecule has 1 aromatic heterocycles. The maximum Gasteiger partial charge on any atom is 0.300 e. The minimum atomic E-state index is -3.98. The van der Waals surface area contributed by atoms with Gasteiger partial charge in [0.15, 0.2) is 5.76 Å². The second kappa shape index (κ2) is 6.50. The van der Waals surface area contributed by atoms with Gasteiger partial charge >= 0.3 is 0 Å². The van der Waals surface area contributed by atoms with Crippen molar-refractivity contribution in [2.45, 2.75) is 19.1 Å². The molecule has 1 heterocycles. The molecule has 5 nitrogen and oxygen atoms in total. The molecule has 0 spiro atoms. The zero-order valence-corrected chi connectivity index (χ0v) is 13.2. The van der Waals surface area contributed by atoms with Gasteiger partial charge in [0.2, 0.25) is 10.0 Å². The summed E-state index contributed by atoms with van der Waals surface area (Å²) in [6.07, 6.45) is 0.587. The van der Waals surface area contributed by atoms with Crippen LogP contribution < -0.4 is 4.72 Å². The third kappa shape index (κ3) is 4.08. The Labute approximate surface area is 132 Å². The molecule has 0 aliphatic rings. The maximum atomic E-state index is 13.3. The lowest BCUT2D eigenvalue weighted by Gasteiger charge is -2.06. The third-order valence-corrected chi connectivity index (χ3v) is 4.34. The predicted octanol–water partition coefficient (Wildman–Crippen LogP) is 2.89. The van der Waals surface area contributed by atoms with Crippen molar-refractivity contribution in [2.75, 3.05) is 0 Å². The Balaban J connectivity index is 2.10. The number of rotatable bonds is 5. The van der Waals surface area contributed by atoms with Gasteiger partial charge in [0, 0.05) is 6.42 Å². The monoisotopic (exact) mass is 345 g/mol. The van der Waals surface area contributed by atoms with Crippen LogP contribution in [0.3, 0.4) is 0 Å². The molecule has 0 unspecified atom stereocenters. The summed E-state index contributed by atoms with van der Waals surface area (Å²) in [5, 5.41) is -0.104. The van der Waals surface area contributed by atoms with Crippen LogP contribution in [0.2, 0.25) is 5.02 Å². The summed E-state index contributed by atoms with van der Waals surface area (Å²) in [4.78, 5) is 11.8. The summed E-state index contributed by atoms with van der Waals surface area (Å²) < 4.78 is 44.2. The first-order chi connectivity index (χ1) is 10.3. The zero-order valence-electron chi connectivity index (χ0n) is 11.6. The topological polar surface area (TPSA) is 76.4 Å². The number of carbonyl (C=O) groups excluding carboxylic acids is 1. The molecule has 8 heteroatoms. The highest BCUT2D eigenvalue weighted by Gasteiger charge is 2.19. The number of amides is 1. The van der Waals surface area contributed by atoms with E-state index in [-0.39, 0.29) is 16.3 Å². The number of sulfonamides is 1. The summed E-state index contributed by atoms with van der Waals surface area (Å²) in [7, 11) is -3.98. The largest absolute Gasteiger partial charge is 0.456 e. The van der Waals surface area contributed by atoms with Crippen LogP contribution >= 0.6 is 11.6 Å². The predicted molar refractivity (Wildman–Crippen MR) is 79.6 cm³/mol. The highest BCUT2D eigenvalue weighted by atomic mass is 35.5. The molecule has 0 saturated heterocycles. The summed E-state index contributed by atoms with van der Waals surface area (Å²) in [6.45, 7) is 1.84. The van der Waals surface area contributed by atoms with Crippen LogP contribution in [0.15, 0.2) is 34.7 Å². The average molecular weight is 346 g/mol. The molecule has 22 heavy (non-hydrogen) atoms. The van der Waals surface area contributed by atoms with E-state index in [1.165, 1.54) is 18.2 Å². The average Bonchev–Trinajstić information content (AvgIpc) is 2.91. The van der Waals surface area contributed by atoms with E-state index in [4.69, 9.17) is 16.0 Å². The Hall–Kier alpha value is -1.86. The van der Waals surface area contributed by atoms with Gasteiger partial charge < -0.3 is 4.42 Å². The van der Waals surface area contributed by atoms with Gasteiger partial charge in [-0.25, -0.2) is 17.5 Å². The zero-order chi connectivity index (χ0) is 16.3. The molecule has 0 aliphatic carbocycles. The molecule has 1 N–H and O–H groups in total. The minimum absolute atomic E-state index is 0.0947. The molecule has 118 valence electrons. The molecular weight excluding hydrogens is 333 g/mol. The van der Waals surface area contributed by atoms with Crippen LogP contribution in [0.5, 0.6) is 0 Å². The molecule has 0 saturated carbocycles. The van der Waals surface area contributed by atoms with Crippen molar-refractivity contribution in [3.05, 3.63) is 58.3 Å². The van der Waals surface area contributed by atoms with Crippen molar-refractivity contribution >= 4 is 27.5 Å². The van der Waals surface area contributed by atoms with Gasteiger partial charge in [0.05, 0.1) is 10.8 Å². The molecule has 0 bridgehead atoms. The van der Waals surface area contributed by atoms with Crippen LogP contribution in [-0.4, -0.2) is 14.3 Å². The van der Waals surface area contributed by atoms with Crippen LogP contribution in [-0.2, 0) is 22.2 Å². The van der Waals surface area contributed by atoms with Crippen molar-refractivity contribution < 1.29 is 22.0 Å². The van der Waals surface area contributed by atoms with Crippen LogP contribution in [0.4, 0.5) is 4.39 Å². The molecule has 2 rings (SSSR count).